The molecule has 1 unspecified atom stereocenters. The van der Waals surface area contributed by atoms with Crippen molar-refractivity contribution >= 4 is 5.78 Å². The van der Waals surface area contributed by atoms with Crippen molar-refractivity contribution in [2.24, 2.45) is 11.8 Å². The van der Waals surface area contributed by atoms with Crippen molar-refractivity contribution in [1.29, 1.82) is 5.26 Å². The lowest BCUT2D eigenvalue weighted by Crippen LogP contribution is -2.36. The van der Waals surface area contributed by atoms with E-state index in [2.05, 4.69) is 17.9 Å². The van der Waals surface area contributed by atoms with Crippen LogP contribution in [0, 0.1) is 23.2 Å². The Morgan fingerprint density at radius 1 is 1.41 bits per heavy atom. The molecule has 0 aromatic carbocycles. The minimum Gasteiger partial charge on any atom is -0.298 e. The second-order valence-electron chi connectivity index (χ2n) is 5.16. The van der Waals surface area contributed by atoms with Gasteiger partial charge in [0.25, 0.3) is 0 Å². The molecule has 0 aromatic heterocycles. The predicted molar refractivity (Wildman–Crippen MR) is 68.5 cm³/mol. The number of hydrogen-bond acceptors (Lipinski definition) is 3. The standard InChI is InChI=1S/C14H24N2O/c1-3-16(10-12(2)9-15)11-14(17)13-7-5-4-6-8-13/h12-13H,3-8,10-11H2,1-2H3. The van der Waals surface area contributed by atoms with Crippen LogP contribution in [-0.2, 0) is 4.79 Å². The summed E-state index contributed by atoms with van der Waals surface area (Å²) in [6.07, 6.45) is 5.84. The first-order valence-electron chi connectivity index (χ1n) is 6.82. The first-order chi connectivity index (χ1) is 8.17. The third-order valence-electron chi connectivity index (χ3n) is 3.64. The number of carbonyl (C=O) groups excluding carboxylic acids is 1. The van der Waals surface area contributed by atoms with Crippen molar-refractivity contribution in [3.05, 3.63) is 0 Å². The van der Waals surface area contributed by atoms with Crippen LogP contribution in [0.5, 0.6) is 0 Å². The number of carbonyl (C=O) groups is 1. The maximum atomic E-state index is 12.1. The van der Waals surface area contributed by atoms with E-state index >= 15 is 0 Å². The van der Waals surface area contributed by atoms with Crippen LogP contribution in [0.15, 0.2) is 0 Å². The molecule has 1 fully saturated rings. The minimum atomic E-state index is 0.00843. The molecule has 0 spiro atoms. The molecule has 0 bridgehead atoms. The molecular weight excluding hydrogens is 212 g/mol. The highest BCUT2D eigenvalue weighted by atomic mass is 16.1. The van der Waals surface area contributed by atoms with E-state index in [0.29, 0.717) is 18.9 Å². The molecule has 1 aliphatic carbocycles. The maximum Gasteiger partial charge on any atom is 0.149 e. The second kappa shape index (κ2) is 7.45. The van der Waals surface area contributed by atoms with Crippen molar-refractivity contribution in [2.45, 2.75) is 46.0 Å². The van der Waals surface area contributed by atoms with Gasteiger partial charge in [0.05, 0.1) is 18.5 Å². The van der Waals surface area contributed by atoms with Crippen LogP contribution in [0.4, 0.5) is 0 Å². The van der Waals surface area contributed by atoms with Crippen molar-refractivity contribution in [2.75, 3.05) is 19.6 Å². The maximum absolute atomic E-state index is 12.1. The lowest BCUT2D eigenvalue weighted by Gasteiger charge is -2.25. The van der Waals surface area contributed by atoms with Crippen LogP contribution in [0.25, 0.3) is 0 Å². The zero-order valence-electron chi connectivity index (χ0n) is 11.1. The van der Waals surface area contributed by atoms with Gasteiger partial charge >= 0.3 is 0 Å². The summed E-state index contributed by atoms with van der Waals surface area (Å²) in [5.74, 6) is 0.681. The van der Waals surface area contributed by atoms with E-state index in [0.717, 1.165) is 19.4 Å². The van der Waals surface area contributed by atoms with Crippen molar-refractivity contribution in [1.82, 2.24) is 4.90 Å². The Hall–Kier alpha value is -0.880. The summed E-state index contributed by atoms with van der Waals surface area (Å²) in [4.78, 5) is 14.2. The Kier molecular flexibility index (Phi) is 6.21. The lowest BCUT2D eigenvalue weighted by molar-refractivity contribution is -0.125. The van der Waals surface area contributed by atoms with E-state index < -0.39 is 0 Å². The van der Waals surface area contributed by atoms with Crippen molar-refractivity contribution < 1.29 is 4.79 Å². The smallest absolute Gasteiger partial charge is 0.149 e. The largest absolute Gasteiger partial charge is 0.298 e. The van der Waals surface area contributed by atoms with Gasteiger partial charge in [0.2, 0.25) is 0 Å². The number of rotatable bonds is 6. The molecule has 3 heteroatoms. The summed E-state index contributed by atoms with van der Waals surface area (Å²) in [6.45, 7) is 6.06. The monoisotopic (exact) mass is 236 g/mol. The summed E-state index contributed by atoms with van der Waals surface area (Å²) in [5, 5.41) is 8.80. The molecule has 17 heavy (non-hydrogen) atoms. The highest BCUT2D eigenvalue weighted by Gasteiger charge is 2.22. The number of ketones is 1. The van der Waals surface area contributed by atoms with E-state index in [1.807, 2.05) is 6.92 Å². The van der Waals surface area contributed by atoms with Gasteiger partial charge in [-0.2, -0.15) is 5.26 Å². The molecular formula is C14H24N2O. The zero-order chi connectivity index (χ0) is 12.7. The van der Waals surface area contributed by atoms with Gasteiger partial charge in [0.15, 0.2) is 0 Å². The molecule has 1 saturated carbocycles. The quantitative estimate of drug-likeness (QED) is 0.712. The van der Waals surface area contributed by atoms with Gasteiger partial charge in [-0.3, -0.25) is 9.69 Å². The molecule has 0 saturated heterocycles. The van der Waals surface area contributed by atoms with Gasteiger partial charge in [0.1, 0.15) is 5.78 Å². The molecule has 0 N–H and O–H groups in total. The van der Waals surface area contributed by atoms with Crippen LogP contribution in [0.1, 0.15) is 46.0 Å². The van der Waals surface area contributed by atoms with Gasteiger partial charge in [-0.25, -0.2) is 0 Å². The van der Waals surface area contributed by atoms with E-state index in [4.69, 9.17) is 5.26 Å². The Morgan fingerprint density at radius 3 is 2.59 bits per heavy atom. The van der Waals surface area contributed by atoms with Gasteiger partial charge < -0.3 is 0 Å². The third kappa shape index (κ3) is 4.87. The van der Waals surface area contributed by atoms with Gasteiger partial charge in [-0.15, -0.1) is 0 Å². The van der Waals surface area contributed by atoms with Crippen molar-refractivity contribution in [3.63, 3.8) is 0 Å². The zero-order valence-corrected chi connectivity index (χ0v) is 11.1. The topological polar surface area (TPSA) is 44.1 Å². The average molecular weight is 236 g/mol. The van der Waals surface area contributed by atoms with E-state index in [1.165, 1.54) is 19.3 Å². The molecule has 1 rings (SSSR count). The van der Waals surface area contributed by atoms with Crippen molar-refractivity contribution in [3.8, 4) is 6.07 Å². The van der Waals surface area contributed by atoms with Crippen LogP contribution in [0.2, 0.25) is 0 Å². The summed E-state index contributed by atoms with van der Waals surface area (Å²) in [5.41, 5.74) is 0. The molecule has 3 nitrogen and oxygen atoms in total. The number of nitrogens with zero attached hydrogens (tertiary/aromatic N) is 2. The van der Waals surface area contributed by atoms with E-state index in [9.17, 15) is 4.79 Å². The summed E-state index contributed by atoms with van der Waals surface area (Å²) < 4.78 is 0. The summed E-state index contributed by atoms with van der Waals surface area (Å²) in [7, 11) is 0. The third-order valence-corrected chi connectivity index (χ3v) is 3.64. The minimum absolute atomic E-state index is 0.00843. The molecule has 1 atom stereocenters. The summed E-state index contributed by atoms with van der Waals surface area (Å²) >= 11 is 0. The number of Topliss-reactive ketones (excluding diaryl/α,β-unsaturated/α-hetero) is 1. The van der Waals surface area contributed by atoms with E-state index in [-0.39, 0.29) is 11.8 Å². The Morgan fingerprint density at radius 2 is 2.06 bits per heavy atom. The number of nitriles is 1. The molecule has 0 radical (unpaired) electrons. The van der Waals surface area contributed by atoms with Gasteiger partial charge in [-0.1, -0.05) is 26.2 Å². The Balaban J connectivity index is 2.39. The van der Waals surface area contributed by atoms with Gasteiger partial charge in [0, 0.05) is 12.5 Å². The van der Waals surface area contributed by atoms with Crippen LogP contribution in [0.3, 0.4) is 0 Å². The van der Waals surface area contributed by atoms with Gasteiger partial charge in [-0.05, 0) is 26.3 Å². The fourth-order valence-electron chi connectivity index (χ4n) is 2.51. The molecule has 1 aliphatic rings. The molecule has 0 amide bonds. The molecule has 96 valence electrons. The first-order valence-corrected chi connectivity index (χ1v) is 6.82. The fraction of sp³-hybridized carbons (Fsp3) is 0.857. The fourth-order valence-corrected chi connectivity index (χ4v) is 2.51. The molecule has 0 heterocycles. The second-order valence-corrected chi connectivity index (χ2v) is 5.16. The highest BCUT2D eigenvalue weighted by Crippen LogP contribution is 2.24. The number of likely N-dealkylation sites (N-methyl/N-ethyl adjacent to an activating group) is 1. The number of hydrogen-bond donors (Lipinski definition) is 0. The summed E-state index contributed by atoms with van der Waals surface area (Å²) in [6, 6.07) is 2.23. The highest BCUT2D eigenvalue weighted by molar-refractivity contribution is 5.83. The predicted octanol–water partition coefficient (Wildman–Crippen LogP) is 2.62. The van der Waals surface area contributed by atoms with Crippen LogP contribution < -0.4 is 0 Å². The molecule has 0 aliphatic heterocycles. The first kappa shape index (κ1) is 14.2. The molecule has 0 aromatic rings. The SMILES string of the molecule is CCN(CC(=O)C1CCCCC1)CC(C)C#N. The van der Waals surface area contributed by atoms with Crippen LogP contribution >= 0.6 is 0 Å². The lowest BCUT2D eigenvalue weighted by atomic mass is 9.86. The average Bonchev–Trinajstić information content (AvgIpc) is 2.38. The Labute approximate surface area is 105 Å². The van der Waals surface area contributed by atoms with E-state index in [1.54, 1.807) is 0 Å². The Bertz CT molecular complexity index is 276. The van der Waals surface area contributed by atoms with Crippen LogP contribution in [-0.4, -0.2) is 30.3 Å². The normalized spacial score (nSPS) is 18.9.